The summed E-state index contributed by atoms with van der Waals surface area (Å²) in [6.45, 7) is 10.9. The van der Waals surface area contributed by atoms with Crippen LogP contribution in [-0.4, -0.2) is 61.8 Å². The van der Waals surface area contributed by atoms with Gasteiger partial charge >= 0.3 is 0 Å². The van der Waals surface area contributed by atoms with Crippen molar-refractivity contribution >= 4 is 11.6 Å². The number of rotatable bonds is 4. The number of hydrogen-bond acceptors (Lipinski definition) is 3. The van der Waals surface area contributed by atoms with Crippen LogP contribution in [0.5, 0.6) is 0 Å². The maximum atomic E-state index is 5.95. The van der Waals surface area contributed by atoms with Gasteiger partial charge in [0, 0.05) is 37.3 Å². The molecular formula is C13H23ClN2O. The van der Waals surface area contributed by atoms with Crippen molar-refractivity contribution in [1.29, 1.82) is 0 Å². The number of likely N-dealkylation sites (tertiary alicyclic amines) is 1. The van der Waals surface area contributed by atoms with Crippen LogP contribution in [0.25, 0.3) is 0 Å². The Morgan fingerprint density at radius 3 is 2.71 bits per heavy atom. The van der Waals surface area contributed by atoms with Crippen LogP contribution >= 0.6 is 11.6 Å². The van der Waals surface area contributed by atoms with Gasteiger partial charge in [0.15, 0.2) is 0 Å². The van der Waals surface area contributed by atoms with E-state index in [9.17, 15) is 0 Å². The molecule has 0 radical (unpaired) electrons. The molecule has 2 heterocycles. The van der Waals surface area contributed by atoms with Crippen molar-refractivity contribution in [3.63, 3.8) is 0 Å². The van der Waals surface area contributed by atoms with E-state index in [-0.39, 0.29) is 0 Å². The van der Waals surface area contributed by atoms with Crippen molar-refractivity contribution in [1.82, 2.24) is 9.80 Å². The van der Waals surface area contributed by atoms with Crippen molar-refractivity contribution in [2.24, 2.45) is 0 Å². The molecule has 2 fully saturated rings. The van der Waals surface area contributed by atoms with Crippen molar-refractivity contribution in [2.75, 3.05) is 45.9 Å². The summed E-state index contributed by atoms with van der Waals surface area (Å²) in [5.74, 6) is 0. The summed E-state index contributed by atoms with van der Waals surface area (Å²) in [7, 11) is 0. The molecule has 0 spiro atoms. The van der Waals surface area contributed by atoms with Gasteiger partial charge in [-0.15, -0.1) is 0 Å². The molecule has 2 aliphatic heterocycles. The molecule has 2 aliphatic rings. The predicted octanol–water partition coefficient (Wildman–Crippen LogP) is 1.93. The lowest BCUT2D eigenvalue weighted by Gasteiger charge is -2.39. The predicted molar refractivity (Wildman–Crippen MR) is 71.5 cm³/mol. The minimum Gasteiger partial charge on any atom is -0.379 e. The number of hydrogen-bond donors (Lipinski definition) is 0. The summed E-state index contributed by atoms with van der Waals surface area (Å²) in [5, 5.41) is 0.763. The van der Waals surface area contributed by atoms with Gasteiger partial charge in [0.25, 0.3) is 0 Å². The highest BCUT2D eigenvalue weighted by atomic mass is 35.5. The summed E-state index contributed by atoms with van der Waals surface area (Å²) in [4.78, 5) is 5.01. The lowest BCUT2D eigenvalue weighted by Crippen LogP contribution is -2.49. The monoisotopic (exact) mass is 258 g/mol. The molecule has 0 aromatic heterocycles. The molecule has 1 unspecified atom stereocenters. The first kappa shape index (κ1) is 13.3. The molecule has 0 bridgehead atoms. The zero-order valence-corrected chi connectivity index (χ0v) is 11.3. The van der Waals surface area contributed by atoms with Gasteiger partial charge in [-0.05, 0) is 19.4 Å². The first-order valence-electron chi connectivity index (χ1n) is 6.63. The average molecular weight is 259 g/mol. The number of piperidine rings is 1. The molecule has 2 rings (SSSR count). The van der Waals surface area contributed by atoms with Crippen molar-refractivity contribution in [3.05, 3.63) is 11.6 Å². The summed E-state index contributed by atoms with van der Waals surface area (Å²) in [6.07, 6.45) is 3.94. The van der Waals surface area contributed by atoms with E-state index >= 15 is 0 Å². The maximum absolute atomic E-state index is 5.95. The Hall–Kier alpha value is -0.0900. The third kappa shape index (κ3) is 4.25. The third-order valence-corrected chi connectivity index (χ3v) is 3.82. The minimum atomic E-state index is 0.650. The third-order valence-electron chi connectivity index (χ3n) is 3.70. The van der Waals surface area contributed by atoms with Crippen LogP contribution in [0.2, 0.25) is 0 Å². The molecule has 0 amide bonds. The van der Waals surface area contributed by atoms with Gasteiger partial charge in [0.1, 0.15) is 0 Å². The molecule has 17 heavy (non-hydrogen) atoms. The van der Waals surface area contributed by atoms with Gasteiger partial charge in [-0.2, -0.15) is 0 Å². The Morgan fingerprint density at radius 1 is 1.24 bits per heavy atom. The van der Waals surface area contributed by atoms with E-state index < -0.39 is 0 Å². The van der Waals surface area contributed by atoms with Crippen LogP contribution in [-0.2, 0) is 4.74 Å². The molecule has 0 N–H and O–H groups in total. The number of morpholine rings is 1. The standard InChI is InChI=1S/C13H23ClN2O/c1-12(14)10-16-5-3-2-4-13(16)11-15-6-8-17-9-7-15/h13H,1-11H2. The smallest absolute Gasteiger partial charge is 0.0594 e. The van der Waals surface area contributed by atoms with Gasteiger partial charge in [0.2, 0.25) is 0 Å². The fourth-order valence-electron chi connectivity index (χ4n) is 2.78. The Kier molecular flexibility index (Phi) is 5.29. The highest BCUT2D eigenvalue weighted by Gasteiger charge is 2.25. The highest BCUT2D eigenvalue weighted by molar-refractivity contribution is 6.29. The van der Waals surface area contributed by atoms with Gasteiger partial charge in [-0.25, -0.2) is 0 Å². The van der Waals surface area contributed by atoms with Crippen molar-refractivity contribution in [2.45, 2.75) is 25.3 Å². The summed E-state index contributed by atoms with van der Waals surface area (Å²) >= 11 is 5.95. The van der Waals surface area contributed by atoms with Crippen LogP contribution in [0.15, 0.2) is 11.6 Å². The molecule has 0 aromatic carbocycles. The van der Waals surface area contributed by atoms with Crippen molar-refractivity contribution in [3.8, 4) is 0 Å². The average Bonchev–Trinajstić information content (AvgIpc) is 2.32. The Balaban J connectivity index is 1.84. The van der Waals surface area contributed by atoms with Crippen LogP contribution in [0.1, 0.15) is 19.3 Å². The molecular weight excluding hydrogens is 236 g/mol. The van der Waals surface area contributed by atoms with E-state index in [4.69, 9.17) is 16.3 Å². The lowest BCUT2D eigenvalue weighted by atomic mass is 10.0. The second kappa shape index (κ2) is 6.74. The molecule has 0 saturated carbocycles. The zero-order chi connectivity index (χ0) is 12.1. The molecule has 98 valence electrons. The Bertz CT molecular complexity index is 254. The van der Waals surface area contributed by atoms with E-state index in [0.717, 1.165) is 44.4 Å². The minimum absolute atomic E-state index is 0.650. The fourth-order valence-corrected chi connectivity index (χ4v) is 2.93. The molecule has 0 aromatic rings. The number of nitrogens with zero attached hydrogens (tertiary/aromatic N) is 2. The van der Waals surface area contributed by atoms with Crippen LogP contribution in [0.4, 0.5) is 0 Å². The van der Waals surface area contributed by atoms with Crippen molar-refractivity contribution < 1.29 is 4.74 Å². The first-order valence-corrected chi connectivity index (χ1v) is 7.01. The molecule has 2 saturated heterocycles. The summed E-state index contributed by atoms with van der Waals surface area (Å²) in [6, 6.07) is 0.650. The number of ether oxygens (including phenoxy) is 1. The quantitative estimate of drug-likeness (QED) is 0.766. The van der Waals surface area contributed by atoms with Crippen LogP contribution in [0, 0.1) is 0 Å². The molecule has 0 aliphatic carbocycles. The highest BCUT2D eigenvalue weighted by Crippen LogP contribution is 2.20. The second-order valence-corrected chi connectivity index (χ2v) is 5.58. The topological polar surface area (TPSA) is 15.7 Å². The largest absolute Gasteiger partial charge is 0.379 e. The van der Waals surface area contributed by atoms with E-state index in [1.807, 2.05) is 0 Å². The van der Waals surface area contributed by atoms with Gasteiger partial charge < -0.3 is 4.74 Å². The van der Waals surface area contributed by atoms with Gasteiger partial charge in [-0.1, -0.05) is 24.6 Å². The SMILES string of the molecule is C=C(Cl)CN1CCCCC1CN1CCOCC1. The van der Waals surface area contributed by atoms with E-state index in [1.54, 1.807) is 0 Å². The first-order chi connectivity index (χ1) is 8.25. The van der Waals surface area contributed by atoms with Crippen LogP contribution in [0.3, 0.4) is 0 Å². The normalized spacial score (nSPS) is 28.2. The second-order valence-electron chi connectivity index (χ2n) is 5.05. The lowest BCUT2D eigenvalue weighted by molar-refractivity contribution is 0.0184. The fraction of sp³-hybridized carbons (Fsp3) is 0.846. The molecule has 3 nitrogen and oxygen atoms in total. The Labute approximate surface area is 109 Å². The van der Waals surface area contributed by atoms with Crippen LogP contribution < -0.4 is 0 Å². The van der Waals surface area contributed by atoms with Gasteiger partial charge in [-0.3, -0.25) is 9.80 Å². The van der Waals surface area contributed by atoms with E-state index in [2.05, 4.69) is 16.4 Å². The van der Waals surface area contributed by atoms with Gasteiger partial charge in [0.05, 0.1) is 13.2 Å². The molecule has 4 heteroatoms. The summed E-state index contributed by atoms with van der Waals surface area (Å²) < 4.78 is 5.39. The molecule has 1 atom stereocenters. The number of halogens is 1. The van der Waals surface area contributed by atoms with E-state index in [0.29, 0.717) is 6.04 Å². The zero-order valence-electron chi connectivity index (χ0n) is 10.5. The Morgan fingerprint density at radius 2 is 2.00 bits per heavy atom. The maximum Gasteiger partial charge on any atom is 0.0594 e. The van der Waals surface area contributed by atoms with E-state index in [1.165, 1.54) is 25.8 Å². The summed E-state index contributed by atoms with van der Waals surface area (Å²) in [5.41, 5.74) is 0.